The van der Waals surface area contributed by atoms with Gasteiger partial charge in [-0.2, -0.15) is 0 Å². The van der Waals surface area contributed by atoms with E-state index >= 15 is 0 Å². The third-order valence-corrected chi connectivity index (χ3v) is 6.37. The van der Waals surface area contributed by atoms with E-state index in [1.807, 2.05) is 36.4 Å². The molecular weight excluding hydrogens is 420 g/mol. The van der Waals surface area contributed by atoms with Crippen LogP contribution in [0.25, 0.3) is 0 Å². The Balaban J connectivity index is 1.55. The number of hydrogen-bond acceptors (Lipinski definition) is 3. The van der Waals surface area contributed by atoms with Gasteiger partial charge in [0, 0.05) is 17.5 Å². The Hall–Kier alpha value is -2.67. The molecule has 2 N–H and O–H groups in total. The van der Waals surface area contributed by atoms with Gasteiger partial charge in [0.2, 0.25) is 15.9 Å². The normalized spacial score (nSPS) is 11.4. The van der Waals surface area contributed by atoms with Crippen molar-refractivity contribution in [1.29, 1.82) is 0 Å². The Morgan fingerprint density at radius 3 is 1.90 bits per heavy atom. The minimum Gasteiger partial charge on any atom is -0.355 e. The molecular formula is C23H23ClN2O3S. The molecule has 0 heterocycles. The van der Waals surface area contributed by atoms with Gasteiger partial charge in [-0.15, -0.1) is 0 Å². The summed E-state index contributed by atoms with van der Waals surface area (Å²) in [7, 11) is -3.77. The topological polar surface area (TPSA) is 75.3 Å². The number of nitrogens with one attached hydrogen (secondary N) is 2. The van der Waals surface area contributed by atoms with Crippen LogP contribution in [0.4, 0.5) is 0 Å². The van der Waals surface area contributed by atoms with Crippen molar-refractivity contribution >= 4 is 27.5 Å². The monoisotopic (exact) mass is 442 g/mol. The third kappa shape index (κ3) is 6.16. The van der Waals surface area contributed by atoms with Crippen molar-refractivity contribution in [2.24, 2.45) is 0 Å². The first-order valence-corrected chi connectivity index (χ1v) is 11.4. The van der Waals surface area contributed by atoms with Crippen LogP contribution >= 0.6 is 11.6 Å². The first-order valence-electron chi connectivity index (χ1n) is 9.57. The lowest BCUT2D eigenvalue weighted by molar-refractivity contribution is -0.119. The van der Waals surface area contributed by atoms with Crippen molar-refractivity contribution in [3.63, 3.8) is 0 Å². The summed E-state index contributed by atoms with van der Waals surface area (Å²) in [5.41, 5.74) is 2.34. The highest BCUT2D eigenvalue weighted by atomic mass is 35.5. The largest absolute Gasteiger partial charge is 0.355 e. The van der Waals surface area contributed by atoms with E-state index < -0.39 is 10.0 Å². The molecule has 0 aliphatic carbocycles. The molecule has 0 unspecified atom stereocenters. The van der Waals surface area contributed by atoms with Gasteiger partial charge in [0.25, 0.3) is 0 Å². The number of hydrogen-bond donors (Lipinski definition) is 2. The van der Waals surface area contributed by atoms with Gasteiger partial charge in [0.1, 0.15) is 0 Å². The summed E-state index contributed by atoms with van der Waals surface area (Å²) in [6, 6.07) is 26.0. The molecule has 0 aromatic heterocycles. The van der Waals surface area contributed by atoms with Gasteiger partial charge in [0.15, 0.2) is 0 Å². The highest BCUT2D eigenvalue weighted by Gasteiger charge is 2.17. The molecule has 0 spiro atoms. The van der Waals surface area contributed by atoms with Crippen LogP contribution < -0.4 is 10.0 Å². The fraction of sp³-hybridized carbons (Fsp3) is 0.174. The number of carbonyl (C=O) groups is 1. The van der Waals surface area contributed by atoms with Gasteiger partial charge in [-0.25, -0.2) is 13.1 Å². The smallest absolute Gasteiger partial charge is 0.241 e. The Morgan fingerprint density at radius 2 is 1.37 bits per heavy atom. The van der Waals surface area contributed by atoms with E-state index in [2.05, 4.69) is 34.3 Å². The lowest BCUT2D eigenvalue weighted by Gasteiger charge is -2.18. The molecule has 3 aromatic rings. The second-order valence-electron chi connectivity index (χ2n) is 6.79. The highest BCUT2D eigenvalue weighted by Crippen LogP contribution is 2.27. The molecule has 7 heteroatoms. The maximum absolute atomic E-state index is 12.3. The minimum atomic E-state index is -3.77. The predicted octanol–water partition coefficient (Wildman–Crippen LogP) is 3.96. The first-order chi connectivity index (χ1) is 14.5. The Kier molecular flexibility index (Phi) is 7.63. The SMILES string of the molecule is O=C(CNS(=O)(=O)c1ccc(Cl)cc1)NCCC(c1ccccc1)c1ccccc1. The maximum Gasteiger partial charge on any atom is 0.241 e. The van der Waals surface area contributed by atoms with Crippen molar-refractivity contribution in [1.82, 2.24) is 10.0 Å². The maximum atomic E-state index is 12.3. The molecule has 0 radical (unpaired) electrons. The van der Waals surface area contributed by atoms with Gasteiger partial charge in [-0.1, -0.05) is 72.3 Å². The fourth-order valence-electron chi connectivity index (χ4n) is 3.17. The average molecular weight is 443 g/mol. The van der Waals surface area contributed by atoms with Gasteiger partial charge in [0.05, 0.1) is 11.4 Å². The fourth-order valence-corrected chi connectivity index (χ4v) is 4.28. The molecule has 0 fully saturated rings. The van der Waals surface area contributed by atoms with Gasteiger partial charge < -0.3 is 5.32 Å². The second kappa shape index (κ2) is 10.4. The number of sulfonamides is 1. The molecule has 156 valence electrons. The van der Waals surface area contributed by atoms with Gasteiger partial charge in [-0.05, 0) is 41.8 Å². The standard InChI is InChI=1S/C23H23ClN2O3S/c24-20-11-13-21(14-12-20)30(28,29)26-17-23(27)25-16-15-22(18-7-3-1-4-8-18)19-9-5-2-6-10-19/h1-14,22,26H,15-17H2,(H,25,27). The summed E-state index contributed by atoms with van der Waals surface area (Å²) in [4.78, 5) is 12.2. The molecule has 0 atom stereocenters. The van der Waals surface area contributed by atoms with E-state index in [0.29, 0.717) is 18.0 Å². The lowest BCUT2D eigenvalue weighted by Crippen LogP contribution is -2.37. The van der Waals surface area contributed by atoms with Crippen LogP contribution in [-0.2, 0) is 14.8 Å². The molecule has 0 saturated carbocycles. The van der Waals surface area contributed by atoms with E-state index in [1.54, 1.807) is 0 Å². The molecule has 5 nitrogen and oxygen atoms in total. The summed E-state index contributed by atoms with van der Waals surface area (Å²) in [6.45, 7) is 0.0995. The summed E-state index contributed by atoms with van der Waals surface area (Å²) >= 11 is 5.78. The van der Waals surface area contributed by atoms with E-state index in [1.165, 1.54) is 35.4 Å². The van der Waals surface area contributed by atoms with Crippen molar-refractivity contribution in [3.8, 4) is 0 Å². The zero-order valence-corrected chi connectivity index (χ0v) is 17.9. The summed E-state index contributed by atoms with van der Waals surface area (Å²) < 4.78 is 26.8. The molecule has 0 bridgehead atoms. The van der Waals surface area contributed by atoms with Crippen LogP contribution in [0.5, 0.6) is 0 Å². The number of halogens is 1. The average Bonchev–Trinajstić information content (AvgIpc) is 2.77. The summed E-state index contributed by atoms with van der Waals surface area (Å²) in [6.07, 6.45) is 0.698. The van der Waals surface area contributed by atoms with Crippen LogP contribution in [-0.4, -0.2) is 27.4 Å². The molecule has 1 amide bonds. The summed E-state index contributed by atoms with van der Waals surface area (Å²) in [5, 5.41) is 3.24. The minimum absolute atomic E-state index is 0.0629. The number of rotatable bonds is 9. The lowest BCUT2D eigenvalue weighted by atomic mass is 9.88. The predicted molar refractivity (Wildman–Crippen MR) is 119 cm³/mol. The Bertz CT molecular complexity index is 1020. The van der Waals surface area contributed by atoms with E-state index in [0.717, 1.165) is 0 Å². The van der Waals surface area contributed by atoms with Crippen LogP contribution in [0, 0.1) is 0 Å². The summed E-state index contributed by atoms with van der Waals surface area (Å²) in [5.74, 6) is -0.245. The molecule has 0 saturated heterocycles. The Morgan fingerprint density at radius 1 is 0.833 bits per heavy atom. The van der Waals surface area contributed by atoms with Crippen molar-refractivity contribution < 1.29 is 13.2 Å². The van der Waals surface area contributed by atoms with Crippen molar-refractivity contribution in [2.75, 3.05) is 13.1 Å². The Labute approximate surface area is 182 Å². The second-order valence-corrected chi connectivity index (χ2v) is 8.99. The highest BCUT2D eigenvalue weighted by molar-refractivity contribution is 7.89. The van der Waals surface area contributed by atoms with Crippen LogP contribution in [0.1, 0.15) is 23.5 Å². The third-order valence-electron chi connectivity index (χ3n) is 4.71. The van der Waals surface area contributed by atoms with Gasteiger partial charge in [-0.3, -0.25) is 4.79 Å². The van der Waals surface area contributed by atoms with Crippen molar-refractivity contribution in [3.05, 3.63) is 101 Å². The molecule has 3 rings (SSSR count). The van der Waals surface area contributed by atoms with Gasteiger partial charge >= 0.3 is 0 Å². The number of amides is 1. The molecule has 0 aliphatic rings. The number of benzene rings is 3. The quantitative estimate of drug-likeness (QED) is 0.526. The van der Waals surface area contributed by atoms with E-state index in [9.17, 15) is 13.2 Å². The zero-order chi connectivity index (χ0) is 21.4. The van der Waals surface area contributed by atoms with Crippen molar-refractivity contribution in [2.45, 2.75) is 17.2 Å². The van der Waals surface area contributed by atoms with Crippen LogP contribution in [0.3, 0.4) is 0 Å². The number of carbonyl (C=O) groups excluding carboxylic acids is 1. The van der Waals surface area contributed by atoms with E-state index in [4.69, 9.17) is 11.6 Å². The van der Waals surface area contributed by atoms with Crippen LogP contribution in [0.15, 0.2) is 89.8 Å². The molecule has 3 aromatic carbocycles. The first kappa shape index (κ1) is 22.0. The van der Waals surface area contributed by atoms with E-state index in [-0.39, 0.29) is 23.3 Å². The molecule has 0 aliphatic heterocycles. The van der Waals surface area contributed by atoms with Crippen LogP contribution in [0.2, 0.25) is 5.02 Å². The zero-order valence-electron chi connectivity index (χ0n) is 16.3. The molecule has 30 heavy (non-hydrogen) atoms.